The average Bonchev–Trinajstić information content (AvgIpc) is 2.61. The molecule has 1 aromatic carbocycles. The summed E-state index contributed by atoms with van der Waals surface area (Å²) in [7, 11) is 3.67. The highest BCUT2D eigenvalue weighted by Crippen LogP contribution is 2.15. The second-order valence-electron chi connectivity index (χ2n) is 6.38. The van der Waals surface area contributed by atoms with E-state index in [0.717, 1.165) is 50.9 Å². The number of hydrogen-bond donors (Lipinski definition) is 1. The van der Waals surface area contributed by atoms with E-state index in [0.29, 0.717) is 18.4 Å². The molecule has 1 saturated heterocycles. The van der Waals surface area contributed by atoms with Gasteiger partial charge in [0.1, 0.15) is 5.75 Å². The molecule has 1 atom stereocenters. The van der Waals surface area contributed by atoms with E-state index >= 15 is 0 Å². The third kappa shape index (κ3) is 5.87. The zero-order chi connectivity index (χ0) is 16.5. The molecule has 1 unspecified atom stereocenters. The maximum absolute atomic E-state index is 12.2. The first-order chi connectivity index (χ1) is 11.2. The zero-order valence-corrected chi connectivity index (χ0v) is 14.5. The first kappa shape index (κ1) is 17.8. The zero-order valence-electron chi connectivity index (χ0n) is 14.5. The molecule has 128 valence electrons. The van der Waals surface area contributed by atoms with Crippen LogP contribution in [0.25, 0.3) is 0 Å². The molecule has 4 heteroatoms. The minimum Gasteiger partial charge on any atom is -0.497 e. The summed E-state index contributed by atoms with van der Waals surface area (Å²) in [6.45, 7) is 1.81. The topological polar surface area (TPSA) is 41.6 Å². The van der Waals surface area contributed by atoms with Crippen molar-refractivity contribution in [3.8, 4) is 5.75 Å². The lowest BCUT2D eigenvalue weighted by Crippen LogP contribution is -2.46. The van der Waals surface area contributed by atoms with Crippen LogP contribution in [-0.4, -0.2) is 44.1 Å². The Kier molecular flexibility index (Phi) is 7.40. The Balaban J connectivity index is 1.60. The number of carbonyl (C=O) groups excluding carboxylic acids is 1. The quantitative estimate of drug-likeness (QED) is 0.749. The second kappa shape index (κ2) is 9.56. The summed E-state index contributed by atoms with van der Waals surface area (Å²) in [5.74, 6) is 1.23. The molecular weight excluding hydrogens is 288 g/mol. The summed E-state index contributed by atoms with van der Waals surface area (Å²) in [5.41, 5.74) is 1.34. The van der Waals surface area contributed by atoms with Crippen molar-refractivity contribution in [3.05, 3.63) is 29.8 Å². The number of hydrogen-bond acceptors (Lipinski definition) is 3. The van der Waals surface area contributed by atoms with Crippen LogP contribution in [0.2, 0.25) is 0 Å². The van der Waals surface area contributed by atoms with E-state index in [4.69, 9.17) is 4.74 Å². The molecule has 4 nitrogen and oxygen atoms in total. The highest BCUT2D eigenvalue weighted by Gasteiger charge is 2.21. The van der Waals surface area contributed by atoms with Crippen LogP contribution in [0, 0.1) is 0 Å². The van der Waals surface area contributed by atoms with E-state index in [1.54, 1.807) is 7.11 Å². The van der Waals surface area contributed by atoms with Crippen LogP contribution in [0.3, 0.4) is 0 Å². The van der Waals surface area contributed by atoms with Gasteiger partial charge in [0, 0.05) is 25.6 Å². The normalized spacial score (nSPS) is 18.0. The lowest BCUT2D eigenvalue weighted by molar-refractivity contribution is -0.132. The number of nitrogens with zero attached hydrogens (tertiary/aromatic N) is 1. The summed E-state index contributed by atoms with van der Waals surface area (Å²) in [4.78, 5) is 14.3. The number of unbranched alkanes of at least 4 members (excludes halogenated alkanes) is 2. The van der Waals surface area contributed by atoms with Gasteiger partial charge in [-0.05, 0) is 56.8 Å². The maximum atomic E-state index is 12.2. The summed E-state index contributed by atoms with van der Waals surface area (Å²) in [6, 6.07) is 8.73. The van der Waals surface area contributed by atoms with E-state index in [2.05, 4.69) is 17.4 Å². The molecule has 1 fully saturated rings. The SMILES string of the molecule is CNC1CCCN(C(=O)CCCCCc2ccc(OC)cc2)C1. The van der Waals surface area contributed by atoms with E-state index in [1.807, 2.05) is 24.1 Å². The fraction of sp³-hybridized carbons (Fsp3) is 0.632. The third-order valence-corrected chi connectivity index (χ3v) is 4.70. The highest BCUT2D eigenvalue weighted by molar-refractivity contribution is 5.76. The van der Waals surface area contributed by atoms with Gasteiger partial charge >= 0.3 is 0 Å². The van der Waals surface area contributed by atoms with Crippen molar-refractivity contribution in [2.75, 3.05) is 27.2 Å². The highest BCUT2D eigenvalue weighted by atomic mass is 16.5. The van der Waals surface area contributed by atoms with Gasteiger partial charge in [-0.2, -0.15) is 0 Å². The number of aryl methyl sites for hydroxylation is 1. The van der Waals surface area contributed by atoms with E-state index in [9.17, 15) is 4.79 Å². The van der Waals surface area contributed by atoms with E-state index < -0.39 is 0 Å². The van der Waals surface area contributed by atoms with Crippen molar-refractivity contribution < 1.29 is 9.53 Å². The molecule has 23 heavy (non-hydrogen) atoms. The van der Waals surface area contributed by atoms with Crippen LogP contribution >= 0.6 is 0 Å². The molecule has 0 saturated carbocycles. The number of carbonyl (C=O) groups is 1. The van der Waals surface area contributed by atoms with Crippen molar-refractivity contribution in [1.29, 1.82) is 0 Å². The van der Waals surface area contributed by atoms with E-state index in [-0.39, 0.29) is 0 Å². The summed E-state index contributed by atoms with van der Waals surface area (Å²) in [5, 5.41) is 3.29. The number of likely N-dealkylation sites (tertiary alicyclic amines) is 1. The van der Waals surface area contributed by atoms with Gasteiger partial charge in [0.25, 0.3) is 0 Å². The first-order valence-electron chi connectivity index (χ1n) is 8.81. The fourth-order valence-electron chi connectivity index (χ4n) is 3.17. The smallest absolute Gasteiger partial charge is 0.222 e. The Hall–Kier alpha value is -1.55. The Bertz CT molecular complexity index is 473. The van der Waals surface area contributed by atoms with Gasteiger partial charge in [0.05, 0.1) is 7.11 Å². The fourth-order valence-corrected chi connectivity index (χ4v) is 3.17. The Labute approximate surface area is 140 Å². The minimum absolute atomic E-state index is 0.328. The number of rotatable bonds is 8. The number of likely N-dealkylation sites (N-methyl/N-ethyl adjacent to an activating group) is 1. The van der Waals surface area contributed by atoms with Crippen LogP contribution in [0.15, 0.2) is 24.3 Å². The molecule has 1 N–H and O–H groups in total. The van der Waals surface area contributed by atoms with Gasteiger partial charge in [-0.1, -0.05) is 18.6 Å². The van der Waals surface area contributed by atoms with Crippen molar-refractivity contribution >= 4 is 5.91 Å². The summed E-state index contributed by atoms with van der Waals surface area (Å²) >= 11 is 0. The van der Waals surface area contributed by atoms with Gasteiger partial charge in [0.2, 0.25) is 5.91 Å². The molecule has 0 spiro atoms. The standard InChI is InChI=1S/C19H30N2O2/c1-20-17-8-6-14-21(15-17)19(22)9-5-3-4-7-16-10-12-18(23-2)13-11-16/h10-13,17,20H,3-9,14-15H2,1-2H3. The van der Waals surface area contributed by atoms with E-state index in [1.165, 1.54) is 12.0 Å². The van der Waals surface area contributed by atoms with Crippen LogP contribution in [0.4, 0.5) is 0 Å². The largest absolute Gasteiger partial charge is 0.497 e. The van der Waals surface area contributed by atoms with Crippen molar-refractivity contribution in [1.82, 2.24) is 10.2 Å². The first-order valence-corrected chi connectivity index (χ1v) is 8.81. The van der Waals surface area contributed by atoms with Crippen LogP contribution in [0.1, 0.15) is 44.1 Å². The number of ether oxygens (including phenoxy) is 1. The molecule has 0 radical (unpaired) electrons. The van der Waals surface area contributed by atoms with Gasteiger partial charge in [-0.15, -0.1) is 0 Å². The lowest BCUT2D eigenvalue weighted by Gasteiger charge is -2.32. The third-order valence-electron chi connectivity index (χ3n) is 4.70. The van der Waals surface area contributed by atoms with Gasteiger partial charge in [-0.3, -0.25) is 4.79 Å². The molecule has 1 heterocycles. The number of benzene rings is 1. The molecular formula is C19H30N2O2. The van der Waals surface area contributed by atoms with Gasteiger partial charge in [-0.25, -0.2) is 0 Å². The average molecular weight is 318 g/mol. The molecule has 1 aliphatic heterocycles. The minimum atomic E-state index is 0.328. The molecule has 0 aromatic heterocycles. The Morgan fingerprint density at radius 3 is 2.74 bits per heavy atom. The molecule has 1 aliphatic rings. The predicted molar refractivity (Wildman–Crippen MR) is 93.8 cm³/mol. The van der Waals surface area contributed by atoms with Gasteiger partial charge in [0.15, 0.2) is 0 Å². The summed E-state index contributed by atoms with van der Waals surface area (Å²) in [6.07, 6.45) is 7.31. The Morgan fingerprint density at radius 2 is 2.04 bits per heavy atom. The second-order valence-corrected chi connectivity index (χ2v) is 6.38. The number of methoxy groups -OCH3 is 1. The monoisotopic (exact) mass is 318 g/mol. The van der Waals surface area contributed by atoms with Gasteiger partial charge < -0.3 is 15.0 Å². The van der Waals surface area contributed by atoms with Crippen LogP contribution in [0.5, 0.6) is 5.75 Å². The number of piperidine rings is 1. The molecule has 0 aliphatic carbocycles. The predicted octanol–water partition coefficient (Wildman–Crippen LogP) is 3.01. The molecule has 1 amide bonds. The van der Waals surface area contributed by atoms with Crippen molar-refractivity contribution in [2.45, 2.75) is 51.0 Å². The maximum Gasteiger partial charge on any atom is 0.222 e. The molecule has 0 bridgehead atoms. The molecule has 2 rings (SSSR count). The summed E-state index contributed by atoms with van der Waals surface area (Å²) < 4.78 is 5.17. The Morgan fingerprint density at radius 1 is 1.26 bits per heavy atom. The van der Waals surface area contributed by atoms with Crippen LogP contribution in [-0.2, 0) is 11.2 Å². The number of nitrogens with one attached hydrogen (secondary N) is 1. The number of amides is 1. The van der Waals surface area contributed by atoms with Crippen LogP contribution < -0.4 is 10.1 Å². The van der Waals surface area contributed by atoms with Crippen molar-refractivity contribution in [3.63, 3.8) is 0 Å². The lowest BCUT2D eigenvalue weighted by atomic mass is 10.0. The van der Waals surface area contributed by atoms with Crippen molar-refractivity contribution in [2.24, 2.45) is 0 Å². The molecule has 1 aromatic rings.